The van der Waals surface area contributed by atoms with E-state index in [1.807, 2.05) is 19.1 Å². The molecule has 2 aliphatic rings. The molecule has 4 rings (SSSR count). The zero-order valence-corrected chi connectivity index (χ0v) is 17.1. The van der Waals surface area contributed by atoms with Crippen molar-refractivity contribution in [2.75, 3.05) is 18.0 Å². The zero-order valence-electron chi connectivity index (χ0n) is 13.8. The number of carbonyl (C=O) groups is 1. The van der Waals surface area contributed by atoms with Gasteiger partial charge >= 0.3 is 0 Å². The summed E-state index contributed by atoms with van der Waals surface area (Å²) in [6, 6.07) is 6.57. The van der Waals surface area contributed by atoms with Gasteiger partial charge in [0, 0.05) is 28.1 Å². The molecule has 128 valence electrons. The van der Waals surface area contributed by atoms with Crippen molar-refractivity contribution in [2.24, 2.45) is 0 Å². The standard InChI is InChI=1S/C18H16N2OS4/c1-3-19-15(8-7-14-17(21)20(4-2)18(22)25-14)24-13-6-5-12-11(16(13)19)9-10-23-12/h5-10H,3-4H2,1-2H3/b14-7-,15-8+. The summed E-state index contributed by atoms with van der Waals surface area (Å²) >= 11 is 10.2. The van der Waals surface area contributed by atoms with Gasteiger partial charge in [-0.15, -0.1) is 11.3 Å². The Bertz CT molecular complexity index is 944. The highest BCUT2D eigenvalue weighted by atomic mass is 32.2. The Morgan fingerprint density at radius 3 is 2.60 bits per heavy atom. The number of amides is 1. The van der Waals surface area contributed by atoms with E-state index in [-0.39, 0.29) is 5.91 Å². The summed E-state index contributed by atoms with van der Waals surface area (Å²) < 4.78 is 1.95. The predicted molar refractivity (Wildman–Crippen MR) is 114 cm³/mol. The molecule has 0 unspecified atom stereocenters. The molecule has 0 aliphatic carbocycles. The summed E-state index contributed by atoms with van der Waals surface area (Å²) in [6.45, 7) is 5.62. The van der Waals surface area contributed by atoms with Crippen molar-refractivity contribution >= 4 is 73.1 Å². The highest BCUT2D eigenvalue weighted by Crippen LogP contribution is 2.50. The van der Waals surface area contributed by atoms with Crippen LogP contribution in [0.3, 0.4) is 0 Å². The van der Waals surface area contributed by atoms with Crippen molar-refractivity contribution in [1.82, 2.24) is 4.90 Å². The first kappa shape index (κ1) is 17.1. The van der Waals surface area contributed by atoms with Crippen LogP contribution in [0.4, 0.5) is 5.69 Å². The third kappa shape index (κ3) is 2.83. The average Bonchev–Trinajstić information content (AvgIpc) is 3.27. The second kappa shape index (κ2) is 6.79. The number of likely N-dealkylation sites (N-methyl/N-ethyl adjacent to an activating group) is 1. The van der Waals surface area contributed by atoms with Gasteiger partial charge in [-0.05, 0) is 49.6 Å². The van der Waals surface area contributed by atoms with Gasteiger partial charge in [0.25, 0.3) is 5.91 Å². The molecule has 2 aromatic rings. The van der Waals surface area contributed by atoms with Crippen LogP contribution in [0.1, 0.15) is 13.8 Å². The number of nitrogens with zero attached hydrogens (tertiary/aromatic N) is 2. The number of carbonyl (C=O) groups excluding carboxylic acids is 1. The summed E-state index contributed by atoms with van der Waals surface area (Å²) in [5.41, 5.74) is 1.28. The molecular formula is C18H16N2OS4. The number of hydrogen-bond donors (Lipinski definition) is 0. The number of benzene rings is 1. The fraction of sp³-hybridized carbons (Fsp3) is 0.222. The number of thiocarbonyl (C=S) groups is 1. The number of fused-ring (bicyclic) bond motifs is 3. The minimum Gasteiger partial charge on any atom is -0.335 e. The number of anilines is 1. The lowest BCUT2D eigenvalue weighted by atomic mass is 10.2. The van der Waals surface area contributed by atoms with Gasteiger partial charge in [0.1, 0.15) is 4.32 Å². The number of thiophene rings is 1. The molecule has 0 bridgehead atoms. The van der Waals surface area contributed by atoms with Crippen molar-refractivity contribution in [3.8, 4) is 0 Å². The molecule has 0 N–H and O–H groups in total. The first-order chi connectivity index (χ1) is 12.1. The van der Waals surface area contributed by atoms with E-state index >= 15 is 0 Å². The molecule has 1 fully saturated rings. The zero-order chi connectivity index (χ0) is 17.6. The number of rotatable bonds is 3. The van der Waals surface area contributed by atoms with Crippen LogP contribution in [0.2, 0.25) is 0 Å². The van der Waals surface area contributed by atoms with E-state index in [1.54, 1.807) is 28.0 Å². The SMILES string of the molecule is CCN1C(=O)/C(=C/C=C2/Sc3ccc4sccc4c3N2CC)SC1=S. The second-order valence-electron chi connectivity index (χ2n) is 5.54. The fourth-order valence-corrected chi connectivity index (χ4v) is 6.28. The second-order valence-corrected chi connectivity index (χ2v) is 9.23. The molecule has 3 heterocycles. The molecule has 1 aromatic heterocycles. The van der Waals surface area contributed by atoms with E-state index in [0.717, 1.165) is 11.6 Å². The maximum Gasteiger partial charge on any atom is 0.266 e. The maximum absolute atomic E-state index is 12.4. The molecule has 1 amide bonds. The number of thioether (sulfide) groups is 2. The van der Waals surface area contributed by atoms with Crippen molar-refractivity contribution < 1.29 is 4.79 Å². The Labute approximate surface area is 164 Å². The lowest BCUT2D eigenvalue weighted by Gasteiger charge is -2.18. The minimum atomic E-state index is 0.0122. The summed E-state index contributed by atoms with van der Waals surface area (Å²) in [7, 11) is 0. The molecule has 0 atom stereocenters. The summed E-state index contributed by atoms with van der Waals surface area (Å²) in [4.78, 5) is 18.3. The van der Waals surface area contributed by atoms with Crippen molar-refractivity contribution in [3.63, 3.8) is 0 Å². The Morgan fingerprint density at radius 1 is 1.08 bits per heavy atom. The predicted octanol–water partition coefficient (Wildman–Crippen LogP) is 5.44. The molecule has 2 aliphatic heterocycles. The minimum absolute atomic E-state index is 0.0122. The van der Waals surface area contributed by atoms with Crippen LogP contribution in [-0.4, -0.2) is 28.2 Å². The van der Waals surface area contributed by atoms with Crippen LogP contribution in [-0.2, 0) is 4.79 Å². The van der Waals surface area contributed by atoms with E-state index < -0.39 is 0 Å². The monoisotopic (exact) mass is 404 g/mol. The first-order valence-corrected chi connectivity index (χ1v) is 11.0. The van der Waals surface area contributed by atoms with Crippen LogP contribution in [0.25, 0.3) is 10.1 Å². The van der Waals surface area contributed by atoms with Crippen LogP contribution in [0, 0.1) is 0 Å². The van der Waals surface area contributed by atoms with Crippen molar-refractivity contribution in [1.29, 1.82) is 0 Å². The van der Waals surface area contributed by atoms with E-state index in [4.69, 9.17) is 12.2 Å². The van der Waals surface area contributed by atoms with Crippen LogP contribution < -0.4 is 4.90 Å². The molecule has 7 heteroatoms. The topological polar surface area (TPSA) is 23.6 Å². The van der Waals surface area contributed by atoms with Gasteiger partial charge in [0.15, 0.2) is 0 Å². The van der Waals surface area contributed by atoms with E-state index in [9.17, 15) is 4.79 Å². The van der Waals surface area contributed by atoms with E-state index in [1.165, 1.54) is 32.4 Å². The lowest BCUT2D eigenvalue weighted by Crippen LogP contribution is -2.27. The van der Waals surface area contributed by atoms with Gasteiger partial charge in [0.05, 0.1) is 15.6 Å². The van der Waals surface area contributed by atoms with Gasteiger partial charge in [-0.1, -0.05) is 35.7 Å². The maximum atomic E-state index is 12.4. The Balaban J connectivity index is 1.70. The summed E-state index contributed by atoms with van der Waals surface area (Å²) in [5.74, 6) is 0.0122. The highest BCUT2D eigenvalue weighted by Gasteiger charge is 2.31. The molecule has 3 nitrogen and oxygen atoms in total. The normalized spacial score (nSPS) is 20.6. The van der Waals surface area contributed by atoms with Crippen LogP contribution >= 0.6 is 47.1 Å². The van der Waals surface area contributed by atoms with Crippen LogP contribution in [0.5, 0.6) is 0 Å². The first-order valence-electron chi connectivity index (χ1n) is 8.05. The number of allylic oxidation sites excluding steroid dienone is 2. The van der Waals surface area contributed by atoms with Gasteiger partial charge in [0.2, 0.25) is 0 Å². The molecular weight excluding hydrogens is 388 g/mol. The molecule has 1 aromatic carbocycles. The molecule has 25 heavy (non-hydrogen) atoms. The summed E-state index contributed by atoms with van der Waals surface area (Å²) in [6.07, 6.45) is 3.96. The molecule has 0 saturated carbocycles. The van der Waals surface area contributed by atoms with Gasteiger partial charge in [-0.3, -0.25) is 9.69 Å². The summed E-state index contributed by atoms with van der Waals surface area (Å²) in [5, 5.41) is 4.59. The van der Waals surface area contributed by atoms with E-state index in [2.05, 4.69) is 35.4 Å². The quantitative estimate of drug-likeness (QED) is 0.501. The Hall–Kier alpha value is -1.28. The third-order valence-electron chi connectivity index (χ3n) is 4.20. The Morgan fingerprint density at radius 2 is 1.88 bits per heavy atom. The Kier molecular flexibility index (Phi) is 4.66. The van der Waals surface area contributed by atoms with Gasteiger partial charge in [-0.2, -0.15) is 0 Å². The third-order valence-corrected chi connectivity index (χ3v) is 7.60. The average molecular weight is 405 g/mol. The largest absolute Gasteiger partial charge is 0.335 e. The molecule has 0 radical (unpaired) electrons. The highest BCUT2D eigenvalue weighted by molar-refractivity contribution is 8.26. The van der Waals surface area contributed by atoms with E-state index in [0.29, 0.717) is 15.8 Å². The van der Waals surface area contributed by atoms with Crippen LogP contribution in [0.15, 0.2) is 50.6 Å². The van der Waals surface area contributed by atoms with Crippen molar-refractivity contribution in [3.05, 3.63) is 45.7 Å². The smallest absolute Gasteiger partial charge is 0.266 e. The number of hydrogen-bond acceptors (Lipinski definition) is 6. The van der Waals surface area contributed by atoms with Gasteiger partial charge < -0.3 is 4.90 Å². The van der Waals surface area contributed by atoms with Crippen molar-refractivity contribution in [2.45, 2.75) is 18.7 Å². The molecule has 0 spiro atoms. The molecule has 1 saturated heterocycles. The lowest BCUT2D eigenvalue weighted by molar-refractivity contribution is -0.122. The van der Waals surface area contributed by atoms with Gasteiger partial charge in [-0.25, -0.2) is 0 Å². The fourth-order valence-electron chi connectivity index (χ4n) is 3.02.